The molecule has 6 N–H and O–H groups in total. The zero-order valence-corrected chi connectivity index (χ0v) is 23.4. The molecule has 0 saturated carbocycles. The molecule has 2 atom stereocenters. The third-order valence-corrected chi connectivity index (χ3v) is 7.53. The fraction of sp³-hybridized carbons (Fsp3) is 0.667. The summed E-state index contributed by atoms with van der Waals surface area (Å²) >= 11 is 6.04. The van der Waals surface area contributed by atoms with Crippen molar-refractivity contribution in [3.05, 3.63) is 29.6 Å². The van der Waals surface area contributed by atoms with Crippen molar-refractivity contribution in [1.82, 2.24) is 20.9 Å². The van der Waals surface area contributed by atoms with Crippen molar-refractivity contribution in [3.8, 4) is 5.75 Å². The molecule has 2 aliphatic heterocycles. The van der Waals surface area contributed by atoms with Crippen molar-refractivity contribution in [2.45, 2.75) is 55.7 Å². The van der Waals surface area contributed by atoms with Gasteiger partial charge in [0.05, 0.1) is 38.2 Å². The van der Waals surface area contributed by atoms with Crippen LogP contribution in [0, 0.1) is 11.7 Å². The van der Waals surface area contributed by atoms with E-state index in [9.17, 15) is 29.3 Å². The molecule has 2 amide bonds. The number of hydrogen-bond donors (Lipinski definition) is 6. The standard InChI is InChI=1S/C27H41ClFN5O6/c28-21-14-31-26(32-15-21)34-9-6-19(7-10-34)2-1-11-40-22-4-3-20(23(29)13-22)12-25(39)30-8-5-24(38)33-27(16-35,17-36)18-37/h3-4,13-14,19,21,26,32,35-37H,1-2,5-12,15-18H2,(H,30,39)(H,33,38). The molecule has 11 nitrogen and oxygen atoms in total. The maximum Gasteiger partial charge on any atom is 0.224 e. The number of halogens is 2. The van der Waals surface area contributed by atoms with E-state index in [1.54, 1.807) is 6.07 Å². The van der Waals surface area contributed by atoms with Crippen LogP contribution in [0.2, 0.25) is 0 Å². The number of nitrogens with one attached hydrogen (secondary N) is 3. The summed E-state index contributed by atoms with van der Waals surface area (Å²) in [6.07, 6.45) is 5.60. The third-order valence-electron chi connectivity index (χ3n) is 7.27. The van der Waals surface area contributed by atoms with Crippen molar-refractivity contribution in [3.63, 3.8) is 0 Å². The van der Waals surface area contributed by atoms with Crippen LogP contribution in [-0.2, 0) is 16.0 Å². The lowest BCUT2D eigenvalue weighted by molar-refractivity contribution is -0.125. The van der Waals surface area contributed by atoms with Gasteiger partial charge in [0.1, 0.15) is 17.1 Å². The van der Waals surface area contributed by atoms with Gasteiger partial charge in [0, 0.05) is 44.9 Å². The minimum atomic E-state index is -1.52. The Balaban J connectivity index is 1.30. The molecule has 1 fully saturated rings. The number of hydrogen-bond acceptors (Lipinski definition) is 9. The van der Waals surface area contributed by atoms with E-state index in [0.29, 0.717) is 18.3 Å². The number of alkyl halides is 1. The van der Waals surface area contributed by atoms with Crippen LogP contribution in [0.25, 0.3) is 0 Å². The molecule has 1 saturated heterocycles. The number of piperidine rings is 1. The Bertz CT molecular complexity index is 982. The number of rotatable bonds is 15. The van der Waals surface area contributed by atoms with Gasteiger partial charge in [-0.05, 0) is 43.2 Å². The highest BCUT2D eigenvalue weighted by Gasteiger charge is 2.30. The second-order valence-electron chi connectivity index (χ2n) is 10.4. The monoisotopic (exact) mass is 585 g/mol. The number of carbonyl (C=O) groups excluding carboxylic acids is 2. The van der Waals surface area contributed by atoms with E-state index in [0.717, 1.165) is 45.3 Å². The van der Waals surface area contributed by atoms with E-state index in [4.69, 9.17) is 16.3 Å². The van der Waals surface area contributed by atoms with Crippen LogP contribution in [-0.4, -0.2) is 108 Å². The first-order valence-corrected chi connectivity index (χ1v) is 14.2. The van der Waals surface area contributed by atoms with Crippen LogP contribution >= 0.6 is 11.6 Å². The number of likely N-dealkylation sites (tertiary alicyclic amines) is 1. The maximum atomic E-state index is 14.6. The van der Waals surface area contributed by atoms with Gasteiger partial charge in [-0.2, -0.15) is 0 Å². The molecular weight excluding hydrogens is 545 g/mol. The van der Waals surface area contributed by atoms with Crippen molar-refractivity contribution in [2.24, 2.45) is 10.9 Å². The molecule has 2 heterocycles. The molecule has 1 aromatic rings. The normalized spacial score (nSPS) is 20.3. The fourth-order valence-electron chi connectivity index (χ4n) is 4.71. The first-order valence-electron chi connectivity index (χ1n) is 13.7. The number of aliphatic imine (C=N–C) groups is 1. The molecular formula is C27H41ClFN5O6. The van der Waals surface area contributed by atoms with Crippen molar-refractivity contribution < 1.29 is 34.0 Å². The fourth-order valence-corrected chi connectivity index (χ4v) is 4.86. The van der Waals surface area contributed by atoms with E-state index in [-0.39, 0.29) is 36.6 Å². The second kappa shape index (κ2) is 16.2. The Morgan fingerprint density at radius 1 is 1.18 bits per heavy atom. The number of amides is 2. The van der Waals surface area contributed by atoms with Gasteiger partial charge < -0.3 is 30.7 Å². The first-order chi connectivity index (χ1) is 19.3. The lowest BCUT2D eigenvalue weighted by Crippen LogP contribution is -2.57. The Kier molecular flexibility index (Phi) is 13.0. The molecule has 1 aromatic carbocycles. The predicted octanol–water partition coefficient (Wildman–Crippen LogP) is 0.142. The summed E-state index contributed by atoms with van der Waals surface area (Å²) in [6.45, 7) is 1.25. The highest BCUT2D eigenvalue weighted by Crippen LogP contribution is 2.24. The van der Waals surface area contributed by atoms with E-state index >= 15 is 0 Å². The third kappa shape index (κ3) is 9.93. The summed E-state index contributed by atoms with van der Waals surface area (Å²) in [7, 11) is 0. The lowest BCUT2D eigenvalue weighted by atomic mass is 9.92. The molecule has 2 unspecified atom stereocenters. The largest absolute Gasteiger partial charge is 0.493 e. The van der Waals surface area contributed by atoms with Gasteiger partial charge in [-0.25, -0.2) is 4.39 Å². The summed E-state index contributed by atoms with van der Waals surface area (Å²) in [5.74, 6) is -0.535. The topological polar surface area (TPSA) is 156 Å². The van der Waals surface area contributed by atoms with Crippen molar-refractivity contribution >= 4 is 29.6 Å². The van der Waals surface area contributed by atoms with Crippen LogP contribution in [0.3, 0.4) is 0 Å². The van der Waals surface area contributed by atoms with Gasteiger partial charge in [0.15, 0.2) is 6.29 Å². The summed E-state index contributed by atoms with van der Waals surface area (Å²) in [5.41, 5.74) is -1.32. The molecule has 0 radical (unpaired) electrons. The zero-order chi connectivity index (χ0) is 29.0. The predicted molar refractivity (Wildman–Crippen MR) is 149 cm³/mol. The van der Waals surface area contributed by atoms with Gasteiger partial charge in [0.25, 0.3) is 0 Å². The van der Waals surface area contributed by atoms with E-state index in [1.807, 2.05) is 6.21 Å². The Morgan fingerprint density at radius 3 is 2.52 bits per heavy atom. The Morgan fingerprint density at radius 2 is 1.90 bits per heavy atom. The number of ether oxygens (including phenoxy) is 1. The highest BCUT2D eigenvalue weighted by atomic mass is 35.5. The number of carbonyl (C=O) groups is 2. The molecule has 224 valence electrons. The molecule has 0 aliphatic carbocycles. The summed E-state index contributed by atoms with van der Waals surface area (Å²) in [5, 5.41) is 36.0. The van der Waals surface area contributed by atoms with Crippen molar-refractivity contribution in [2.75, 3.05) is 52.6 Å². The SMILES string of the molecule is O=C(Cc1ccc(OCCCC2CCN(C3N=CC(Cl)CN3)CC2)cc1F)NCCC(=O)NC(CO)(CO)CO. The lowest BCUT2D eigenvalue weighted by Gasteiger charge is -2.37. The summed E-state index contributed by atoms with van der Waals surface area (Å²) in [6, 6.07) is 4.42. The van der Waals surface area contributed by atoms with E-state index in [2.05, 4.69) is 25.8 Å². The number of aliphatic hydroxyl groups excluding tert-OH is 3. The average molecular weight is 586 g/mol. The van der Waals surface area contributed by atoms with Gasteiger partial charge in [-0.1, -0.05) is 6.07 Å². The summed E-state index contributed by atoms with van der Waals surface area (Å²) in [4.78, 5) is 31.0. The number of aliphatic hydroxyl groups is 3. The molecule has 13 heteroatoms. The molecule has 2 aliphatic rings. The average Bonchev–Trinajstić information content (AvgIpc) is 2.96. The minimum Gasteiger partial charge on any atom is -0.493 e. The van der Waals surface area contributed by atoms with E-state index < -0.39 is 43.0 Å². The van der Waals surface area contributed by atoms with Crippen LogP contribution in [0.1, 0.15) is 37.7 Å². The van der Waals surface area contributed by atoms with Crippen LogP contribution in [0.5, 0.6) is 5.75 Å². The van der Waals surface area contributed by atoms with E-state index in [1.165, 1.54) is 12.1 Å². The molecule has 0 bridgehead atoms. The Hall–Kier alpha value is -2.35. The van der Waals surface area contributed by atoms with Crippen LogP contribution in [0.4, 0.5) is 4.39 Å². The summed E-state index contributed by atoms with van der Waals surface area (Å²) < 4.78 is 20.3. The second-order valence-corrected chi connectivity index (χ2v) is 11.0. The Labute approximate surface area is 239 Å². The minimum absolute atomic E-state index is 0.0212. The van der Waals surface area contributed by atoms with Crippen LogP contribution in [0.15, 0.2) is 23.2 Å². The highest BCUT2D eigenvalue weighted by molar-refractivity contribution is 6.28. The van der Waals surface area contributed by atoms with Gasteiger partial charge in [0.2, 0.25) is 11.8 Å². The number of nitrogens with zero attached hydrogens (tertiary/aromatic N) is 2. The molecule has 0 spiro atoms. The van der Waals surface area contributed by atoms with Gasteiger partial charge in [-0.3, -0.25) is 24.8 Å². The zero-order valence-electron chi connectivity index (χ0n) is 22.7. The maximum absolute atomic E-state index is 14.6. The van der Waals surface area contributed by atoms with Gasteiger partial charge >= 0.3 is 0 Å². The van der Waals surface area contributed by atoms with Gasteiger partial charge in [-0.15, -0.1) is 11.6 Å². The number of benzene rings is 1. The first kappa shape index (κ1) is 32.2. The molecule has 40 heavy (non-hydrogen) atoms. The van der Waals surface area contributed by atoms with Crippen LogP contribution < -0.4 is 20.7 Å². The smallest absolute Gasteiger partial charge is 0.224 e. The van der Waals surface area contributed by atoms with Crippen molar-refractivity contribution in [1.29, 1.82) is 0 Å². The molecule has 3 rings (SSSR count). The molecule has 0 aromatic heterocycles. The quantitative estimate of drug-likeness (QED) is 0.125.